The van der Waals surface area contributed by atoms with Gasteiger partial charge in [-0.1, -0.05) is 41.6 Å². The van der Waals surface area contributed by atoms with Crippen LogP contribution in [0.2, 0.25) is 5.02 Å². The number of nitrogens with one attached hydrogen (secondary N) is 1. The molecule has 0 atom stereocenters. The summed E-state index contributed by atoms with van der Waals surface area (Å²) in [4.78, 5) is 15.7. The lowest BCUT2D eigenvalue weighted by molar-refractivity contribution is -0.118. The quantitative estimate of drug-likeness (QED) is 0.525. The Kier molecular flexibility index (Phi) is 5.58. The Morgan fingerprint density at radius 1 is 1.30 bits per heavy atom. The van der Waals surface area contributed by atoms with Crippen LogP contribution in [0.25, 0.3) is 0 Å². The lowest BCUT2D eigenvalue weighted by atomic mass is 10.2. The van der Waals surface area contributed by atoms with Gasteiger partial charge in [-0.25, -0.2) is 10.4 Å². The maximum Gasteiger partial charge on any atom is 0.250 e. The molecule has 4 nitrogen and oxygen atoms in total. The molecule has 0 aliphatic heterocycles. The van der Waals surface area contributed by atoms with E-state index in [1.165, 1.54) is 11.8 Å². The molecule has 0 aliphatic carbocycles. The highest BCUT2D eigenvalue weighted by Crippen LogP contribution is 2.13. The summed E-state index contributed by atoms with van der Waals surface area (Å²) in [5.41, 5.74) is 3.33. The van der Waals surface area contributed by atoms with Gasteiger partial charge in [0.15, 0.2) is 0 Å². The first kappa shape index (κ1) is 14.6. The molecule has 1 N–H and O–H groups in total. The van der Waals surface area contributed by atoms with Crippen LogP contribution in [-0.4, -0.2) is 22.9 Å². The zero-order chi connectivity index (χ0) is 14.2. The second-order valence-electron chi connectivity index (χ2n) is 3.80. The molecule has 1 amide bonds. The topological polar surface area (TPSA) is 54.4 Å². The number of carbonyl (C=O) groups is 1. The van der Waals surface area contributed by atoms with Gasteiger partial charge < -0.3 is 0 Å². The molecular weight excluding hydrogens is 294 g/mol. The minimum atomic E-state index is -0.175. The van der Waals surface area contributed by atoms with Gasteiger partial charge in [0.25, 0.3) is 0 Å². The van der Waals surface area contributed by atoms with Gasteiger partial charge in [-0.05, 0) is 29.8 Å². The molecule has 2 rings (SSSR count). The molecule has 1 aromatic heterocycles. The van der Waals surface area contributed by atoms with Crippen molar-refractivity contribution in [3.8, 4) is 0 Å². The summed E-state index contributed by atoms with van der Waals surface area (Å²) < 4.78 is 0. The van der Waals surface area contributed by atoms with Crippen LogP contribution in [0.15, 0.2) is 58.8 Å². The van der Waals surface area contributed by atoms with E-state index in [9.17, 15) is 4.79 Å². The molecule has 1 heterocycles. The highest BCUT2D eigenvalue weighted by molar-refractivity contribution is 7.99. The van der Waals surface area contributed by atoms with Crippen molar-refractivity contribution >= 4 is 35.5 Å². The van der Waals surface area contributed by atoms with Gasteiger partial charge >= 0.3 is 0 Å². The van der Waals surface area contributed by atoms with Gasteiger partial charge in [0, 0.05) is 11.2 Å². The Balaban J connectivity index is 1.76. The predicted molar refractivity (Wildman–Crippen MR) is 82.1 cm³/mol. The number of aromatic nitrogens is 1. The molecule has 0 spiro atoms. The minimum Gasteiger partial charge on any atom is -0.272 e. The summed E-state index contributed by atoms with van der Waals surface area (Å²) in [6, 6.07) is 12.7. The summed E-state index contributed by atoms with van der Waals surface area (Å²) >= 11 is 7.13. The van der Waals surface area contributed by atoms with Crippen LogP contribution in [-0.2, 0) is 4.79 Å². The normalized spacial score (nSPS) is 10.7. The van der Waals surface area contributed by atoms with E-state index in [0.717, 1.165) is 10.6 Å². The predicted octanol–water partition coefficient (Wildman–Crippen LogP) is 2.98. The number of rotatable bonds is 5. The Morgan fingerprint density at radius 3 is 2.80 bits per heavy atom. The molecule has 6 heteroatoms. The number of amides is 1. The van der Waals surface area contributed by atoms with Crippen LogP contribution in [0.3, 0.4) is 0 Å². The van der Waals surface area contributed by atoms with E-state index in [1.807, 2.05) is 30.3 Å². The van der Waals surface area contributed by atoms with Crippen molar-refractivity contribution in [1.29, 1.82) is 0 Å². The van der Waals surface area contributed by atoms with Gasteiger partial charge in [0.1, 0.15) is 0 Å². The first-order chi connectivity index (χ1) is 9.74. The Labute approximate surface area is 126 Å². The number of thioether (sulfide) groups is 1. The molecule has 102 valence electrons. The third-order valence-corrected chi connectivity index (χ3v) is 3.46. The Bertz CT molecular complexity index is 587. The molecule has 1 aromatic carbocycles. The van der Waals surface area contributed by atoms with Crippen molar-refractivity contribution in [2.75, 3.05) is 5.75 Å². The molecule has 20 heavy (non-hydrogen) atoms. The summed E-state index contributed by atoms with van der Waals surface area (Å²) in [7, 11) is 0. The average Bonchev–Trinajstić information content (AvgIpc) is 2.48. The average molecular weight is 306 g/mol. The molecule has 0 fully saturated rings. The first-order valence-electron chi connectivity index (χ1n) is 5.85. The van der Waals surface area contributed by atoms with Crippen molar-refractivity contribution < 1.29 is 4.79 Å². The van der Waals surface area contributed by atoms with E-state index in [-0.39, 0.29) is 11.7 Å². The summed E-state index contributed by atoms with van der Waals surface area (Å²) in [5.74, 6) is 0.0977. The van der Waals surface area contributed by atoms with Crippen LogP contribution in [0, 0.1) is 0 Å². The lowest BCUT2D eigenvalue weighted by Crippen LogP contribution is -2.19. The fraction of sp³-hybridized carbons (Fsp3) is 0.0714. The monoisotopic (exact) mass is 305 g/mol. The Hall–Kier alpha value is -1.85. The van der Waals surface area contributed by atoms with Crippen molar-refractivity contribution in [2.45, 2.75) is 5.03 Å². The number of hydrogen-bond acceptors (Lipinski definition) is 4. The number of pyridine rings is 1. The number of nitrogens with zero attached hydrogens (tertiary/aromatic N) is 2. The van der Waals surface area contributed by atoms with E-state index >= 15 is 0 Å². The zero-order valence-corrected chi connectivity index (χ0v) is 12.1. The highest BCUT2D eigenvalue weighted by atomic mass is 35.5. The first-order valence-corrected chi connectivity index (χ1v) is 7.22. The molecular formula is C14H12ClN3OS. The second kappa shape index (κ2) is 7.67. The van der Waals surface area contributed by atoms with Gasteiger partial charge in [0.2, 0.25) is 5.91 Å². The van der Waals surface area contributed by atoms with Gasteiger partial charge in [-0.15, -0.1) is 0 Å². The third kappa shape index (κ3) is 5.03. The van der Waals surface area contributed by atoms with Crippen LogP contribution >= 0.6 is 23.4 Å². The number of hydrogen-bond donors (Lipinski definition) is 1. The van der Waals surface area contributed by atoms with Crippen LogP contribution < -0.4 is 5.43 Å². The van der Waals surface area contributed by atoms with Crippen molar-refractivity contribution in [3.05, 3.63) is 59.2 Å². The Morgan fingerprint density at radius 2 is 2.10 bits per heavy atom. The molecule has 0 saturated heterocycles. The van der Waals surface area contributed by atoms with Gasteiger partial charge in [0.05, 0.1) is 17.0 Å². The van der Waals surface area contributed by atoms with Crippen LogP contribution in [0.5, 0.6) is 0 Å². The molecule has 0 saturated carbocycles. The smallest absolute Gasteiger partial charge is 0.250 e. The number of halogens is 1. The highest BCUT2D eigenvalue weighted by Gasteiger charge is 2.01. The number of carbonyl (C=O) groups excluding carboxylic acids is 1. The zero-order valence-electron chi connectivity index (χ0n) is 10.5. The van der Waals surface area contributed by atoms with Crippen LogP contribution in [0.1, 0.15) is 5.56 Å². The van der Waals surface area contributed by atoms with Gasteiger partial charge in [-0.3, -0.25) is 4.79 Å². The molecule has 0 bridgehead atoms. The van der Waals surface area contributed by atoms with Crippen molar-refractivity contribution in [1.82, 2.24) is 10.4 Å². The maximum atomic E-state index is 11.6. The largest absolute Gasteiger partial charge is 0.272 e. The van der Waals surface area contributed by atoms with Crippen molar-refractivity contribution in [3.63, 3.8) is 0 Å². The standard InChI is InChI=1S/C14H12ClN3OS/c15-12-6-4-11(5-7-12)9-17-18-13(19)10-20-14-3-1-2-8-16-14/h1-9H,10H2,(H,18,19)/b17-9-. The van der Waals surface area contributed by atoms with E-state index in [0.29, 0.717) is 5.02 Å². The van der Waals surface area contributed by atoms with Crippen LogP contribution in [0.4, 0.5) is 0 Å². The summed E-state index contributed by atoms with van der Waals surface area (Å²) in [6.45, 7) is 0. The SMILES string of the molecule is O=C(CSc1ccccn1)N/N=C\c1ccc(Cl)cc1. The lowest BCUT2D eigenvalue weighted by Gasteiger charge is -1.99. The molecule has 0 radical (unpaired) electrons. The molecule has 0 unspecified atom stereocenters. The fourth-order valence-corrected chi connectivity index (χ4v) is 2.11. The van der Waals surface area contributed by atoms with E-state index in [4.69, 9.17) is 11.6 Å². The van der Waals surface area contributed by atoms with E-state index < -0.39 is 0 Å². The summed E-state index contributed by atoms with van der Waals surface area (Å²) in [6.07, 6.45) is 3.26. The second-order valence-corrected chi connectivity index (χ2v) is 5.23. The molecule has 2 aromatic rings. The van der Waals surface area contributed by atoms with E-state index in [1.54, 1.807) is 24.5 Å². The molecule has 0 aliphatic rings. The maximum absolute atomic E-state index is 11.6. The minimum absolute atomic E-state index is 0.175. The number of benzene rings is 1. The number of hydrazone groups is 1. The summed E-state index contributed by atoms with van der Waals surface area (Å²) in [5, 5.41) is 5.36. The van der Waals surface area contributed by atoms with Gasteiger partial charge in [-0.2, -0.15) is 5.10 Å². The third-order valence-electron chi connectivity index (χ3n) is 2.26. The fourth-order valence-electron chi connectivity index (χ4n) is 1.33. The van der Waals surface area contributed by atoms with E-state index in [2.05, 4.69) is 15.5 Å². The van der Waals surface area contributed by atoms with Crippen molar-refractivity contribution in [2.24, 2.45) is 5.10 Å².